The Balaban J connectivity index is 3.83. The highest BCUT2D eigenvalue weighted by atomic mass is 16.6. The van der Waals surface area contributed by atoms with Crippen LogP contribution in [0.2, 0.25) is 0 Å². The van der Waals surface area contributed by atoms with E-state index in [2.05, 4.69) is 5.32 Å². The zero-order chi connectivity index (χ0) is 8.15. The van der Waals surface area contributed by atoms with Crippen molar-refractivity contribution in [2.45, 2.75) is 26.8 Å². The highest BCUT2D eigenvalue weighted by Crippen LogP contribution is 1.89. The van der Waals surface area contributed by atoms with E-state index in [-0.39, 0.29) is 6.04 Å². The van der Waals surface area contributed by atoms with E-state index in [9.17, 15) is 10.1 Å². The van der Waals surface area contributed by atoms with Crippen LogP contribution in [-0.4, -0.2) is 11.0 Å². The minimum atomic E-state index is -0.468. The van der Waals surface area contributed by atoms with Gasteiger partial charge in [-0.1, -0.05) is 0 Å². The first-order valence-electron chi connectivity index (χ1n) is 3.11. The van der Waals surface area contributed by atoms with Crippen LogP contribution in [0.15, 0.2) is 11.9 Å². The van der Waals surface area contributed by atoms with Gasteiger partial charge in [0.15, 0.2) is 0 Å². The third-order valence-electron chi connectivity index (χ3n) is 0.815. The van der Waals surface area contributed by atoms with Crippen molar-refractivity contribution in [2.24, 2.45) is 0 Å². The second-order valence-corrected chi connectivity index (χ2v) is 2.40. The summed E-state index contributed by atoms with van der Waals surface area (Å²) in [7, 11) is 0. The van der Waals surface area contributed by atoms with Gasteiger partial charge in [-0.3, -0.25) is 10.1 Å². The maximum atomic E-state index is 9.88. The molecule has 10 heavy (non-hydrogen) atoms. The van der Waals surface area contributed by atoms with E-state index in [4.69, 9.17) is 0 Å². The molecule has 0 heterocycles. The average molecular weight is 144 g/mol. The van der Waals surface area contributed by atoms with Crippen LogP contribution in [0.3, 0.4) is 0 Å². The van der Waals surface area contributed by atoms with Crippen LogP contribution >= 0.6 is 0 Å². The van der Waals surface area contributed by atoms with E-state index in [0.717, 1.165) is 6.20 Å². The van der Waals surface area contributed by atoms with Crippen molar-refractivity contribution < 1.29 is 4.92 Å². The topological polar surface area (TPSA) is 55.2 Å². The van der Waals surface area contributed by atoms with Crippen LogP contribution in [0.4, 0.5) is 0 Å². The molecule has 0 fully saturated rings. The lowest BCUT2D eigenvalue weighted by molar-refractivity contribution is -0.403. The fourth-order valence-corrected chi connectivity index (χ4v) is 0.651. The summed E-state index contributed by atoms with van der Waals surface area (Å²) in [4.78, 5) is 9.41. The quantitative estimate of drug-likeness (QED) is 0.477. The van der Waals surface area contributed by atoms with Gasteiger partial charge in [0.25, 0.3) is 6.20 Å². The number of hydrogen-bond donors (Lipinski definition) is 1. The fourth-order valence-electron chi connectivity index (χ4n) is 0.651. The Kier molecular flexibility index (Phi) is 3.46. The summed E-state index contributed by atoms with van der Waals surface area (Å²) in [5.74, 6) is 0. The molecular formula is C6H12N2O2. The summed E-state index contributed by atoms with van der Waals surface area (Å²) in [5, 5.41) is 12.8. The van der Waals surface area contributed by atoms with Crippen molar-refractivity contribution in [2.75, 3.05) is 0 Å². The second kappa shape index (κ2) is 3.87. The zero-order valence-corrected chi connectivity index (χ0v) is 6.42. The first-order valence-corrected chi connectivity index (χ1v) is 3.11. The third-order valence-corrected chi connectivity index (χ3v) is 0.815. The van der Waals surface area contributed by atoms with Crippen molar-refractivity contribution in [3.05, 3.63) is 22.0 Å². The van der Waals surface area contributed by atoms with Gasteiger partial charge in [0.2, 0.25) is 0 Å². The van der Waals surface area contributed by atoms with Gasteiger partial charge < -0.3 is 5.32 Å². The molecule has 0 rings (SSSR count). The van der Waals surface area contributed by atoms with Gasteiger partial charge in [-0.05, 0) is 20.8 Å². The molecule has 0 aromatic rings. The lowest BCUT2D eigenvalue weighted by Gasteiger charge is -2.06. The lowest BCUT2D eigenvalue weighted by atomic mass is 10.4. The van der Waals surface area contributed by atoms with Crippen molar-refractivity contribution in [3.8, 4) is 0 Å². The molecule has 0 aromatic carbocycles. The Morgan fingerprint density at radius 2 is 2.20 bits per heavy atom. The van der Waals surface area contributed by atoms with E-state index >= 15 is 0 Å². The Morgan fingerprint density at radius 1 is 1.70 bits per heavy atom. The van der Waals surface area contributed by atoms with Crippen LogP contribution in [0, 0.1) is 10.1 Å². The minimum absolute atomic E-state index is 0.246. The largest absolute Gasteiger partial charge is 0.381 e. The molecule has 58 valence electrons. The Morgan fingerprint density at radius 3 is 2.50 bits per heavy atom. The summed E-state index contributed by atoms with van der Waals surface area (Å²) < 4.78 is 0. The van der Waals surface area contributed by atoms with Crippen LogP contribution in [0.1, 0.15) is 20.8 Å². The molecule has 4 heteroatoms. The smallest absolute Gasteiger partial charge is 0.252 e. The molecule has 0 bridgehead atoms. The monoisotopic (exact) mass is 144 g/mol. The van der Waals surface area contributed by atoms with E-state index in [1.165, 1.54) is 0 Å². The predicted molar refractivity (Wildman–Crippen MR) is 39.0 cm³/mol. The van der Waals surface area contributed by atoms with Gasteiger partial charge in [0.1, 0.15) is 0 Å². The number of nitrogens with zero attached hydrogens (tertiary/aromatic N) is 1. The SMILES string of the molecule is C/C(=C\[N+](=O)[O-])NC(C)C. The number of rotatable bonds is 3. The van der Waals surface area contributed by atoms with Gasteiger partial charge in [-0.15, -0.1) is 0 Å². The number of nitrogens with one attached hydrogen (secondary N) is 1. The van der Waals surface area contributed by atoms with E-state index in [1.807, 2.05) is 13.8 Å². The Hall–Kier alpha value is -1.06. The zero-order valence-electron chi connectivity index (χ0n) is 6.42. The summed E-state index contributed by atoms with van der Waals surface area (Å²) >= 11 is 0. The van der Waals surface area contributed by atoms with Crippen molar-refractivity contribution >= 4 is 0 Å². The Labute approximate surface area is 60.1 Å². The number of allylic oxidation sites excluding steroid dienone is 1. The highest BCUT2D eigenvalue weighted by Gasteiger charge is 1.96. The third kappa shape index (κ3) is 5.08. The fraction of sp³-hybridized carbons (Fsp3) is 0.667. The molecule has 0 amide bonds. The van der Waals surface area contributed by atoms with Crippen LogP contribution in [0.25, 0.3) is 0 Å². The average Bonchev–Trinajstić information content (AvgIpc) is 1.58. The van der Waals surface area contributed by atoms with Crippen LogP contribution in [0.5, 0.6) is 0 Å². The normalized spacial score (nSPS) is 11.8. The summed E-state index contributed by atoms with van der Waals surface area (Å²) in [5.41, 5.74) is 0.583. The highest BCUT2D eigenvalue weighted by molar-refractivity contribution is 4.90. The molecule has 0 aliphatic rings. The van der Waals surface area contributed by atoms with E-state index < -0.39 is 4.92 Å². The molecule has 0 aliphatic carbocycles. The molecule has 0 atom stereocenters. The molecule has 0 saturated heterocycles. The molecule has 0 saturated carbocycles. The van der Waals surface area contributed by atoms with Crippen molar-refractivity contribution in [1.29, 1.82) is 0 Å². The lowest BCUT2D eigenvalue weighted by Crippen LogP contribution is -2.20. The van der Waals surface area contributed by atoms with Gasteiger partial charge in [0, 0.05) is 6.04 Å². The number of nitro groups is 1. The van der Waals surface area contributed by atoms with Crippen molar-refractivity contribution in [3.63, 3.8) is 0 Å². The van der Waals surface area contributed by atoms with E-state index in [1.54, 1.807) is 6.92 Å². The van der Waals surface area contributed by atoms with Gasteiger partial charge in [0.05, 0.1) is 10.6 Å². The standard InChI is InChI=1S/C6H12N2O2/c1-5(2)7-6(3)4-8(9)10/h4-5,7H,1-3H3/b6-4+. The minimum Gasteiger partial charge on any atom is -0.381 e. The van der Waals surface area contributed by atoms with Crippen LogP contribution in [-0.2, 0) is 0 Å². The summed E-state index contributed by atoms with van der Waals surface area (Å²) in [6, 6.07) is 0.246. The van der Waals surface area contributed by atoms with Gasteiger partial charge >= 0.3 is 0 Å². The first-order chi connectivity index (χ1) is 4.52. The maximum absolute atomic E-state index is 9.88. The molecule has 0 aromatic heterocycles. The van der Waals surface area contributed by atoms with E-state index in [0.29, 0.717) is 5.70 Å². The molecule has 0 aliphatic heterocycles. The number of hydrogen-bond acceptors (Lipinski definition) is 3. The molecule has 4 nitrogen and oxygen atoms in total. The molecule has 0 spiro atoms. The Bertz CT molecular complexity index is 152. The summed E-state index contributed by atoms with van der Waals surface area (Å²) in [6.07, 6.45) is 0.958. The van der Waals surface area contributed by atoms with Crippen LogP contribution < -0.4 is 5.32 Å². The molecule has 0 unspecified atom stereocenters. The van der Waals surface area contributed by atoms with Crippen molar-refractivity contribution in [1.82, 2.24) is 5.32 Å². The maximum Gasteiger partial charge on any atom is 0.252 e. The first kappa shape index (κ1) is 8.94. The summed E-state index contributed by atoms with van der Waals surface area (Å²) in [6.45, 7) is 5.53. The molecule has 1 N–H and O–H groups in total. The second-order valence-electron chi connectivity index (χ2n) is 2.40. The predicted octanol–water partition coefficient (Wildman–Crippen LogP) is 1.12. The van der Waals surface area contributed by atoms with Gasteiger partial charge in [-0.25, -0.2) is 0 Å². The van der Waals surface area contributed by atoms with Gasteiger partial charge in [-0.2, -0.15) is 0 Å². The molecular weight excluding hydrogens is 132 g/mol. The molecule has 0 radical (unpaired) electrons.